The highest BCUT2D eigenvalue weighted by Gasteiger charge is 2.50. The van der Waals surface area contributed by atoms with Crippen LogP contribution in [0.25, 0.3) is 0 Å². The molecule has 1 aromatic carbocycles. The van der Waals surface area contributed by atoms with E-state index in [0.29, 0.717) is 18.5 Å². The predicted molar refractivity (Wildman–Crippen MR) is 111 cm³/mol. The number of nitrogens with zero attached hydrogens (tertiary/aromatic N) is 3. The molecule has 7 nitrogen and oxygen atoms in total. The van der Waals surface area contributed by atoms with Crippen LogP contribution in [-0.2, 0) is 9.59 Å². The molecule has 1 aliphatic heterocycles. The van der Waals surface area contributed by atoms with Crippen LogP contribution in [0, 0.1) is 25.2 Å². The minimum atomic E-state index is -0.918. The van der Waals surface area contributed by atoms with Gasteiger partial charge in [-0.15, -0.1) is 0 Å². The van der Waals surface area contributed by atoms with Crippen molar-refractivity contribution in [3.63, 3.8) is 0 Å². The molecule has 4 amide bonds. The fourth-order valence-electron chi connectivity index (χ4n) is 4.02. The molecule has 156 valence electrons. The summed E-state index contributed by atoms with van der Waals surface area (Å²) in [7, 11) is 0. The molecule has 0 atom stereocenters. The third-order valence-electron chi connectivity index (χ3n) is 5.16. The van der Waals surface area contributed by atoms with E-state index in [-0.39, 0.29) is 31.3 Å². The lowest BCUT2D eigenvalue weighted by atomic mass is 9.88. The quantitative estimate of drug-likeness (QED) is 0.645. The normalized spacial score (nSPS) is 15.2. The van der Waals surface area contributed by atoms with Gasteiger partial charge >= 0.3 is 6.03 Å². The largest absolute Gasteiger partial charge is 0.325 e. The second kappa shape index (κ2) is 9.55. The second-order valence-electron chi connectivity index (χ2n) is 7.70. The number of nitrogens with one attached hydrogen (secondary N) is 1. The summed E-state index contributed by atoms with van der Waals surface area (Å²) in [5.41, 5.74) is 1.74. The third-order valence-corrected chi connectivity index (χ3v) is 5.16. The molecule has 0 radical (unpaired) electrons. The first-order chi connectivity index (χ1) is 13.8. The standard InChI is InChI=1S/C22H30N4O3/c1-5-8-22(9-6-2)20(28)26(21(29)24-22)15-19(27)25(11-7-10-23)18-13-16(3)12-17(4)14-18/h12-14H,5-9,11,15H2,1-4H3,(H,24,29). The van der Waals surface area contributed by atoms with E-state index in [1.165, 1.54) is 4.90 Å². The van der Waals surface area contributed by atoms with Gasteiger partial charge in [0.1, 0.15) is 12.1 Å². The summed E-state index contributed by atoms with van der Waals surface area (Å²) in [5.74, 6) is -0.710. The predicted octanol–water partition coefficient (Wildman–Crippen LogP) is 3.44. The number of nitriles is 1. The van der Waals surface area contributed by atoms with Crippen molar-refractivity contribution >= 4 is 23.5 Å². The zero-order valence-corrected chi connectivity index (χ0v) is 17.7. The Labute approximate surface area is 172 Å². The second-order valence-corrected chi connectivity index (χ2v) is 7.70. The van der Waals surface area contributed by atoms with E-state index in [2.05, 4.69) is 11.4 Å². The third kappa shape index (κ3) is 4.94. The average Bonchev–Trinajstić information content (AvgIpc) is 2.86. The van der Waals surface area contributed by atoms with E-state index >= 15 is 0 Å². The van der Waals surface area contributed by atoms with E-state index < -0.39 is 11.6 Å². The van der Waals surface area contributed by atoms with E-state index in [0.717, 1.165) is 28.9 Å². The van der Waals surface area contributed by atoms with Gasteiger partial charge in [0, 0.05) is 12.2 Å². The molecular formula is C22H30N4O3. The van der Waals surface area contributed by atoms with E-state index in [4.69, 9.17) is 5.26 Å². The number of amides is 4. The number of rotatable bonds is 9. The van der Waals surface area contributed by atoms with Gasteiger partial charge in [-0.2, -0.15) is 5.26 Å². The van der Waals surface area contributed by atoms with Crippen LogP contribution in [0.1, 0.15) is 57.1 Å². The Bertz CT molecular complexity index is 802. The topological polar surface area (TPSA) is 93.5 Å². The van der Waals surface area contributed by atoms with Crippen molar-refractivity contribution in [1.82, 2.24) is 10.2 Å². The molecule has 1 fully saturated rings. The summed E-state index contributed by atoms with van der Waals surface area (Å²) in [5, 5.41) is 11.8. The van der Waals surface area contributed by atoms with Crippen molar-refractivity contribution in [3.8, 4) is 6.07 Å². The molecule has 0 saturated carbocycles. The molecule has 7 heteroatoms. The Kier molecular flexibility index (Phi) is 7.38. The molecule has 0 aliphatic carbocycles. The summed E-state index contributed by atoms with van der Waals surface area (Å²) in [4.78, 5) is 41.2. The van der Waals surface area contributed by atoms with Crippen molar-refractivity contribution < 1.29 is 14.4 Å². The summed E-state index contributed by atoms with van der Waals surface area (Å²) < 4.78 is 0. The number of hydrogen-bond donors (Lipinski definition) is 1. The molecule has 0 bridgehead atoms. The lowest BCUT2D eigenvalue weighted by molar-refractivity contribution is -0.134. The molecule has 0 spiro atoms. The van der Waals surface area contributed by atoms with Crippen LogP contribution in [0.15, 0.2) is 18.2 Å². The van der Waals surface area contributed by atoms with Gasteiger partial charge in [0.25, 0.3) is 5.91 Å². The first-order valence-corrected chi connectivity index (χ1v) is 10.2. The number of carbonyl (C=O) groups excluding carboxylic acids is 3. The summed E-state index contributed by atoms with van der Waals surface area (Å²) in [6.45, 7) is 7.67. The highest BCUT2D eigenvalue weighted by Crippen LogP contribution is 2.28. The Morgan fingerprint density at radius 3 is 2.24 bits per heavy atom. The number of imide groups is 1. The fourth-order valence-corrected chi connectivity index (χ4v) is 4.02. The molecule has 1 aliphatic rings. The van der Waals surface area contributed by atoms with Gasteiger partial charge in [-0.05, 0) is 49.9 Å². The SMILES string of the molecule is CCCC1(CCC)NC(=O)N(CC(=O)N(CCC#N)c2cc(C)cc(C)c2)C1=O. The highest BCUT2D eigenvalue weighted by atomic mass is 16.2. The molecule has 1 aromatic rings. The first kappa shape index (κ1) is 22.4. The van der Waals surface area contributed by atoms with Crippen molar-refractivity contribution in [3.05, 3.63) is 29.3 Å². The van der Waals surface area contributed by atoms with E-state index in [9.17, 15) is 14.4 Å². The van der Waals surface area contributed by atoms with E-state index in [1.807, 2.05) is 45.9 Å². The van der Waals surface area contributed by atoms with Gasteiger partial charge in [0.2, 0.25) is 5.91 Å². The zero-order chi connectivity index (χ0) is 21.6. The Morgan fingerprint density at radius 1 is 1.14 bits per heavy atom. The smallest absolute Gasteiger partial charge is 0.323 e. The highest BCUT2D eigenvalue weighted by molar-refractivity contribution is 6.10. The number of benzene rings is 1. The molecule has 0 aromatic heterocycles. The van der Waals surface area contributed by atoms with Crippen LogP contribution in [0.3, 0.4) is 0 Å². The first-order valence-electron chi connectivity index (χ1n) is 10.2. The molecule has 1 saturated heterocycles. The van der Waals surface area contributed by atoms with Crippen molar-refractivity contribution in [2.75, 3.05) is 18.0 Å². The number of aryl methyl sites for hydroxylation is 2. The Hall–Kier alpha value is -2.88. The van der Waals surface area contributed by atoms with Crippen LogP contribution < -0.4 is 10.2 Å². The number of anilines is 1. The van der Waals surface area contributed by atoms with E-state index in [1.54, 1.807) is 0 Å². The molecule has 2 rings (SSSR count). The van der Waals surface area contributed by atoms with Crippen LogP contribution >= 0.6 is 0 Å². The van der Waals surface area contributed by atoms with Crippen LogP contribution in [0.2, 0.25) is 0 Å². The summed E-state index contributed by atoms with van der Waals surface area (Å²) in [6.07, 6.45) is 2.76. The van der Waals surface area contributed by atoms with Crippen LogP contribution in [-0.4, -0.2) is 41.4 Å². The maximum absolute atomic E-state index is 13.1. The molecule has 0 unspecified atom stereocenters. The van der Waals surface area contributed by atoms with Gasteiger partial charge in [-0.3, -0.25) is 14.5 Å². The van der Waals surface area contributed by atoms with Crippen molar-refractivity contribution in [1.29, 1.82) is 5.26 Å². The average molecular weight is 399 g/mol. The maximum Gasteiger partial charge on any atom is 0.325 e. The lowest BCUT2D eigenvalue weighted by Gasteiger charge is -2.27. The minimum absolute atomic E-state index is 0.161. The zero-order valence-electron chi connectivity index (χ0n) is 17.7. The number of carbonyl (C=O) groups is 3. The van der Waals surface area contributed by atoms with Gasteiger partial charge in [-0.1, -0.05) is 32.8 Å². The number of hydrogen-bond acceptors (Lipinski definition) is 4. The fraction of sp³-hybridized carbons (Fsp3) is 0.545. The van der Waals surface area contributed by atoms with Crippen LogP contribution in [0.4, 0.5) is 10.5 Å². The van der Waals surface area contributed by atoms with Gasteiger partial charge in [-0.25, -0.2) is 4.79 Å². The molecule has 1 heterocycles. The van der Waals surface area contributed by atoms with Gasteiger partial charge < -0.3 is 10.2 Å². The molecule has 1 N–H and O–H groups in total. The lowest BCUT2D eigenvalue weighted by Crippen LogP contribution is -2.48. The van der Waals surface area contributed by atoms with Crippen molar-refractivity contribution in [2.45, 2.75) is 65.3 Å². The van der Waals surface area contributed by atoms with Gasteiger partial charge in [0.05, 0.1) is 12.5 Å². The summed E-state index contributed by atoms with van der Waals surface area (Å²) >= 11 is 0. The summed E-state index contributed by atoms with van der Waals surface area (Å²) in [6, 6.07) is 7.27. The van der Waals surface area contributed by atoms with Crippen LogP contribution in [0.5, 0.6) is 0 Å². The minimum Gasteiger partial charge on any atom is -0.323 e. The monoisotopic (exact) mass is 398 g/mol. The number of urea groups is 1. The molecular weight excluding hydrogens is 368 g/mol. The Balaban J connectivity index is 2.27. The Morgan fingerprint density at radius 2 is 1.72 bits per heavy atom. The molecule has 29 heavy (non-hydrogen) atoms. The van der Waals surface area contributed by atoms with Gasteiger partial charge in [0.15, 0.2) is 0 Å². The maximum atomic E-state index is 13.1. The van der Waals surface area contributed by atoms with Crippen molar-refractivity contribution in [2.24, 2.45) is 0 Å².